The molecular weight excluding hydrogens is 376 g/mol. The van der Waals surface area contributed by atoms with E-state index in [0.29, 0.717) is 30.9 Å². The van der Waals surface area contributed by atoms with Gasteiger partial charge in [0.1, 0.15) is 0 Å². The maximum Gasteiger partial charge on any atom is 0.338 e. The lowest BCUT2D eigenvalue weighted by atomic mass is 10.1. The highest BCUT2D eigenvalue weighted by Gasteiger charge is 2.13. The van der Waals surface area contributed by atoms with Crippen LogP contribution in [0.4, 0.5) is 5.69 Å². The fraction of sp³-hybridized carbons (Fsp3) is 0.200. The second-order valence-corrected chi connectivity index (χ2v) is 6.96. The zero-order valence-corrected chi connectivity index (χ0v) is 17.1. The van der Waals surface area contributed by atoms with Gasteiger partial charge in [0.2, 0.25) is 5.91 Å². The minimum absolute atomic E-state index is 0.106. The number of carbonyl (C=O) groups is 2. The van der Waals surface area contributed by atoms with Gasteiger partial charge in [-0.15, -0.1) is 0 Å². The van der Waals surface area contributed by atoms with Crippen molar-refractivity contribution in [3.8, 4) is 0 Å². The van der Waals surface area contributed by atoms with Gasteiger partial charge in [0, 0.05) is 18.8 Å². The van der Waals surface area contributed by atoms with Crippen LogP contribution in [0.3, 0.4) is 0 Å². The van der Waals surface area contributed by atoms with Crippen molar-refractivity contribution in [2.75, 3.05) is 18.5 Å². The summed E-state index contributed by atoms with van der Waals surface area (Å²) < 4.78 is 4.98. The largest absolute Gasteiger partial charge is 0.462 e. The zero-order valence-electron chi connectivity index (χ0n) is 17.1. The second kappa shape index (κ2) is 10.9. The number of esters is 1. The van der Waals surface area contributed by atoms with Crippen LogP contribution in [0.2, 0.25) is 0 Å². The summed E-state index contributed by atoms with van der Waals surface area (Å²) in [6.45, 7) is 3.69. The van der Waals surface area contributed by atoms with E-state index in [9.17, 15) is 9.59 Å². The Kier molecular flexibility index (Phi) is 7.75. The summed E-state index contributed by atoms with van der Waals surface area (Å²) in [4.78, 5) is 26.5. The third kappa shape index (κ3) is 6.57. The van der Waals surface area contributed by atoms with E-state index in [4.69, 9.17) is 4.74 Å². The molecule has 0 heterocycles. The SMILES string of the molecule is CCOC(=O)c1ccc(NC(=O)CN(Cc2ccccc2)Cc2ccccc2)cc1. The molecule has 0 saturated carbocycles. The monoisotopic (exact) mass is 402 g/mol. The van der Waals surface area contributed by atoms with Crippen molar-refractivity contribution in [3.05, 3.63) is 102 Å². The Labute approximate surface area is 177 Å². The van der Waals surface area contributed by atoms with Gasteiger partial charge in [0.25, 0.3) is 0 Å². The Morgan fingerprint density at radius 2 is 1.33 bits per heavy atom. The highest BCUT2D eigenvalue weighted by molar-refractivity contribution is 5.94. The molecule has 3 aromatic rings. The summed E-state index contributed by atoms with van der Waals surface area (Å²) in [6.07, 6.45) is 0. The van der Waals surface area contributed by atoms with Gasteiger partial charge >= 0.3 is 5.97 Å². The number of benzene rings is 3. The van der Waals surface area contributed by atoms with Gasteiger partial charge in [0.05, 0.1) is 18.7 Å². The van der Waals surface area contributed by atoms with Gasteiger partial charge in [-0.05, 0) is 42.3 Å². The molecule has 30 heavy (non-hydrogen) atoms. The minimum Gasteiger partial charge on any atom is -0.462 e. The van der Waals surface area contributed by atoms with Gasteiger partial charge in [-0.25, -0.2) is 4.79 Å². The lowest BCUT2D eigenvalue weighted by molar-refractivity contribution is -0.117. The number of carbonyl (C=O) groups excluding carboxylic acids is 2. The number of amides is 1. The molecule has 1 amide bonds. The van der Waals surface area contributed by atoms with E-state index >= 15 is 0 Å². The van der Waals surface area contributed by atoms with Crippen LogP contribution in [0.25, 0.3) is 0 Å². The lowest BCUT2D eigenvalue weighted by Gasteiger charge is -2.22. The number of nitrogens with zero attached hydrogens (tertiary/aromatic N) is 1. The van der Waals surface area contributed by atoms with Crippen LogP contribution in [0.15, 0.2) is 84.9 Å². The van der Waals surface area contributed by atoms with Crippen LogP contribution in [-0.2, 0) is 22.6 Å². The predicted octanol–water partition coefficient (Wildman–Crippen LogP) is 4.50. The summed E-state index contributed by atoms with van der Waals surface area (Å²) in [6, 6.07) is 26.9. The van der Waals surface area contributed by atoms with Gasteiger partial charge in [-0.2, -0.15) is 0 Å². The number of hydrogen-bond acceptors (Lipinski definition) is 4. The van der Waals surface area contributed by atoms with Crippen LogP contribution in [0, 0.1) is 0 Å². The van der Waals surface area contributed by atoms with E-state index in [-0.39, 0.29) is 18.4 Å². The van der Waals surface area contributed by atoms with Gasteiger partial charge in [-0.1, -0.05) is 60.7 Å². The molecule has 3 rings (SSSR count). The van der Waals surface area contributed by atoms with Crippen molar-refractivity contribution in [2.24, 2.45) is 0 Å². The first-order valence-electron chi connectivity index (χ1n) is 10.0. The van der Waals surface area contributed by atoms with E-state index in [1.165, 1.54) is 0 Å². The number of nitrogens with one attached hydrogen (secondary N) is 1. The molecule has 3 aromatic carbocycles. The molecule has 0 aliphatic carbocycles. The van der Waals surface area contributed by atoms with Crippen molar-refractivity contribution < 1.29 is 14.3 Å². The normalized spacial score (nSPS) is 10.6. The molecule has 5 nitrogen and oxygen atoms in total. The van der Waals surface area contributed by atoms with Crippen molar-refractivity contribution in [2.45, 2.75) is 20.0 Å². The molecule has 0 spiro atoms. The Balaban J connectivity index is 1.64. The molecule has 0 aliphatic heterocycles. The number of rotatable bonds is 9. The molecule has 0 bridgehead atoms. The molecule has 154 valence electrons. The topological polar surface area (TPSA) is 58.6 Å². The van der Waals surface area contributed by atoms with Gasteiger partial charge in [-0.3, -0.25) is 9.69 Å². The first-order valence-corrected chi connectivity index (χ1v) is 10.0. The highest BCUT2D eigenvalue weighted by atomic mass is 16.5. The smallest absolute Gasteiger partial charge is 0.338 e. The van der Waals surface area contributed by atoms with E-state index in [0.717, 1.165) is 11.1 Å². The molecule has 0 radical (unpaired) electrons. The number of anilines is 1. The first kappa shape index (κ1) is 21.3. The third-order valence-electron chi connectivity index (χ3n) is 4.55. The third-order valence-corrected chi connectivity index (χ3v) is 4.55. The highest BCUT2D eigenvalue weighted by Crippen LogP contribution is 2.13. The number of hydrogen-bond donors (Lipinski definition) is 1. The van der Waals surface area contributed by atoms with E-state index < -0.39 is 0 Å². The standard InChI is InChI=1S/C25H26N2O3/c1-2-30-25(29)22-13-15-23(16-14-22)26-24(28)19-27(17-20-9-5-3-6-10-20)18-21-11-7-4-8-12-21/h3-16H,2,17-19H2,1H3,(H,26,28). The van der Waals surface area contributed by atoms with E-state index in [1.807, 2.05) is 36.4 Å². The molecule has 0 atom stereocenters. The summed E-state index contributed by atoms with van der Waals surface area (Å²) >= 11 is 0. The molecule has 0 saturated heterocycles. The Hall–Kier alpha value is -3.44. The molecule has 0 fully saturated rings. The maximum atomic E-state index is 12.7. The average Bonchev–Trinajstić information content (AvgIpc) is 2.76. The summed E-state index contributed by atoms with van der Waals surface area (Å²) in [7, 11) is 0. The van der Waals surface area contributed by atoms with E-state index in [1.54, 1.807) is 31.2 Å². The van der Waals surface area contributed by atoms with Crippen molar-refractivity contribution in [1.29, 1.82) is 0 Å². The quantitative estimate of drug-likeness (QED) is 0.535. The summed E-state index contributed by atoms with van der Waals surface area (Å²) in [5.74, 6) is -0.474. The van der Waals surface area contributed by atoms with Gasteiger partial charge < -0.3 is 10.1 Å². The minimum atomic E-state index is -0.368. The molecular formula is C25H26N2O3. The zero-order chi connectivity index (χ0) is 21.2. The number of ether oxygens (including phenoxy) is 1. The van der Waals surface area contributed by atoms with Crippen molar-refractivity contribution in [3.63, 3.8) is 0 Å². The first-order chi connectivity index (χ1) is 14.6. The Bertz CT molecular complexity index is 900. The van der Waals surface area contributed by atoms with Gasteiger partial charge in [0.15, 0.2) is 0 Å². The van der Waals surface area contributed by atoms with E-state index in [2.05, 4.69) is 34.5 Å². The molecule has 0 aromatic heterocycles. The van der Waals surface area contributed by atoms with Crippen LogP contribution < -0.4 is 5.32 Å². The summed E-state index contributed by atoms with van der Waals surface area (Å²) in [5, 5.41) is 2.91. The second-order valence-electron chi connectivity index (χ2n) is 6.96. The van der Waals surface area contributed by atoms with Crippen molar-refractivity contribution in [1.82, 2.24) is 4.90 Å². The maximum absolute atomic E-state index is 12.7. The van der Waals surface area contributed by atoms with Crippen LogP contribution in [0.1, 0.15) is 28.4 Å². The fourth-order valence-corrected chi connectivity index (χ4v) is 3.16. The molecule has 0 aliphatic rings. The Morgan fingerprint density at radius 3 is 1.83 bits per heavy atom. The lowest BCUT2D eigenvalue weighted by Crippen LogP contribution is -2.32. The average molecular weight is 402 g/mol. The fourth-order valence-electron chi connectivity index (χ4n) is 3.16. The molecule has 1 N–H and O–H groups in total. The van der Waals surface area contributed by atoms with Crippen LogP contribution in [0.5, 0.6) is 0 Å². The van der Waals surface area contributed by atoms with Crippen molar-refractivity contribution >= 4 is 17.6 Å². The Morgan fingerprint density at radius 1 is 0.800 bits per heavy atom. The predicted molar refractivity (Wildman–Crippen MR) is 118 cm³/mol. The molecule has 5 heteroatoms. The van der Waals surface area contributed by atoms with Crippen LogP contribution >= 0.6 is 0 Å². The van der Waals surface area contributed by atoms with Crippen LogP contribution in [-0.4, -0.2) is 29.9 Å². The molecule has 0 unspecified atom stereocenters. The summed E-state index contributed by atoms with van der Waals surface area (Å²) in [5.41, 5.74) is 3.41.